The first-order chi connectivity index (χ1) is 20.8. The largest absolute Gasteiger partial charge is 0.435 e. The molecule has 0 bridgehead atoms. The van der Waals surface area contributed by atoms with Gasteiger partial charge in [0.2, 0.25) is 0 Å². The van der Waals surface area contributed by atoms with Crippen molar-refractivity contribution in [2.45, 2.75) is 38.5 Å². The highest BCUT2D eigenvalue weighted by molar-refractivity contribution is 8.16. The van der Waals surface area contributed by atoms with Gasteiger partial charge in [0, 0.05) is 17.5 Å². The Balaban J connectivity index is 1.41. The molecule has 12 heteroatoms. The number of non-ortho nitro benzene ring substituents is 1. The lowest BCUT2D eigenvalue weighted by molar-refractivity contribution is -0.384. The molecule has 220 valence electrons. The minimum Gasteiger partial charge on any atom is -0.435 e. The Labute approximate surface area is 248 Å². The number of fused-ring (bicyclic) bond motifs is 1. The molecule has 0 saturated carbocycles. The second-order valence-electron chi connectivity index (χ2n) is 9.88. The Morgan fingerprint density at radius 2 is 1.53 bits per heavy atom. The summed E-state index contributed by atoms with van der Waals surface area (Å²) in [5.74, 6) is 0.115. The van der Waals surface area contributed by atoms with Gasteiger partial charge in [-0.1, -0.05) is 36.0 Å². The normalized spacial score (nSPS) is 18.9. The third-order valence-corrected chi connectivity index (χ3v) is 8.12. The SMILES string of the molecule is O=[N+]([O-])c1ccc(C2=CSC3=NC4=C(CCC/C4=C\c4ccc(OC(F)F)cc4)[C@H](c4ccc(OC(F)F)cc4)N23)cc1. The number of thioether (sulfide) groups is 1. The van der Waals surface area contributed by atoms with Gasteiger partial charge in [-0.25, -0.2) is 4.99 Å². The predicted molar refractivity (Wildman–Crippen MR) is 156 cm³/mol. The molecule has 6 rings (SSSR count). The molecule has 0 unspecified atom stereocenters. The van der Waals surface area contributed by atoms with Crippen LogP contribution < -0.4 is 9.47 Å². The summed E-state index contributed by atoms with van der Waals surface area (Å²) in [7, 11) is 0. The molecule has 43 heavy (non-hydrogen) atoms. The molecule has 0 aromatic heterocycles. The van der Waals surface area contributed by atoms with Crippen LogP contribution in [0.15, 0.2) is 100 Å². The van der Waals surface area contributed by atoms with E-state index < -0.39 is 18.1 Å². The van der Waals surface area contributed by atoms with Gasteiger partial charge in [-0.3, -0.25) is 10.1 Å². The molecule has 1 atom stereocenters. The zero-order valence-electron chi connectivity index (χ0n) is 22.3. The maximum atomic E-state index is 12.8. The molecule has 3 aliphatic rings. The van der Waals surface area contributed by atoms with Crippen LogP contribution in [0.25, 0.3) is 11.8 Å². The first-order valence-corrected chi connectivity index (χ1v) is 14.2. The number of alkyl halides is 4. The standard InChI is InChI=1S/C31H23F4N3O4S/c32-29(33)41-23-12-4-18(5-13-23)16-21-2-1-3-25-27(21)36-31-37(28(25)20-8-14-24(15-9-20)42-30(34)35)26(17-43-31)19-6-10-22(11-7-19)38(39)40/h4-17,28-30H,1-3H2/b21-16+/t28-/m0/s1. The van der Waals surface area contributed by atoms with E-state index in [1.54, 1.807) is 36.4 Å². The molecule has 3 aromatic carbocycles. The van der Waals surface area contributed by atoms with Crippen molar-refractivity contribution in [2.75, 3.05) is 0 Å². The number of amidine groups is 1. The monoisotopic (exact) mass is 609 g/mol. The Bertz CT molecular complexity index is 1650. The van der Waals surface area contributed by atoms with E-state index >= 15 is 0 Å². The summed E-state index contributed by atoms with van der Waals surface area (Å²) >= 11 is 1.43. The lowest BCUT2D eigenvalue weighted by atomic mass is 9.82. The molecule has 3 aromatic rings. The minimum absolute atomic E-state index is 0.0189. The lowest BCUT2D eigenvalue weighted by Crippen LogP contribution is -2.34. The highest BCUT2D eigenvalue weighted by Crippen LogP contribution is 2.51. The summed E-state index contributed by atoms with van der Waals surface area (Å²) in [6.07, 6.45) is 4.31. The Hall–Kier alpha value is -4.58. The molecule has 2 heterocycles. The van der Waals surface area contributed by atoms with Crippen molar-refractivity contribution in [3.05, 3.63) is 122 Å². The maximum Gasteiger partial charge on any atom is 0.387 e. The van der Waals surface area contributed by atoms with Gasteiger partial charge in [-0.05, 0) is 89.6 Å². The lowest BCUT2D eigenvalue weighted by Gasteiger charge is -2.40. The number of hydrogen-bond donors (Lipinski definition) is 0. The quantitative estimate of drug-likeness (QED) is 0.144. The number of halogens is 4. The van der Waals surface area contributed by atoms with Gasteiger partial charge < -0.3 is 14.4 Å². The first-order valence-electron chi connectivity index (χ1n) is 13.3. The molecular weight excluding hydrogens is 586 g/mol. The van der Waals surface area contributed by atoms with E-state index in [2.05, 4.69) is 14.4 Å². The van der Waals surface area contributed by atoms with Gasteiger partial charge in [0.1, 0.15) is 11.5 Å². The van der Waals surface area contributed by atoms with Crippen molar-refractivity contribution in [3.8, 4) is 11.5 Å². The zero-order valence-corrected chi connectivity index (χ0v) is 23.1. The van der Waals surface area contributed by atoms with Crippen molar-refractivity contribution < 1.29 is 32.0 Å². The van der Waals surface area contributed by atoms with Crippen LogP contribution >= 0.6 is 11.8 Å². The average molecular weight is 610 g/mol. The topological polar surface area (TPSA) is 77.2 Å². The van der Waals surface area contributed by atoms with Crippen molar-refractivity contribution in [1.82, 2.24) is 4.90 Å². The van der Waals surface area contributed by atoms with Gasteiger partial charge in [-0.15, -0.1) is 0 Å². The van der Waals surface area contributed by atoms with E-state index in [0.717, 1.165) is 58.5 Å². The number of ether oxygens (including phenoxy) is 2. The van der Waals surface area contributed by atoms with Crippen LogP contribution in [0.1, 0.15) is 42.0 Å². The zero-order chi connectivity index (χ0) is 30.1. The van der Waals surface area contributed by atoms with E-state index in [1.165, 1.54) is 48.2 Å². The van der Waals surface area contributed by atoms with Gasteiger partial charge in [0.15, 0.2) is 5.17 Å². The molecule has 0 fully saturated rings. The third kappa shape index (κ3) is 6.00. The molecule has 2 aliphatic heterocycles. The Morgan fingerprint density at radius 3 is 2.14 bits per heavy atom. The van der Waals surface area contributed by atoms with E-state index in [4.69, 9.17) is 4.99 Å². The van der Waals surface area contributed by atoms with Gasteiger partial charge in [0.25, 0.3) is 5.69 Å². The average Bonchev–Trinajstić information content (AvgIpc) is 3.41. The van der Waals surface area contributed by atoms with Crippen molar-refractivity contribution in [3.63, 3.8) is 0 Å². The number of allylic oxidation sites excluding steroid dienone is 1. The van der Waals surface area contributed by atoms with Crippen LogP contribution in [0.4, 0.5) is 23.2 Å². The summed E-state index contributed by atoms with van der Waals surface area (Å²) in [6.45, 7) is -5.85. The minimum atomic E-state index is -2.94. The van der Waals surface area contributed by atoms with Crippen LogP contribution in [-0.4, -0.2) is 28.2 Å². The molecule has 0 saturated heterocycles. The molecule has 1 aliphatic carbocycles. The number of rotatable bonds is 8. The fourth-order valence-corrected chi connectivity index (χ4v) is 6.39. The van der Waals surface area contributed by atoms with E-state index in [1.807, 2.05) is 11.5 Å². The maximum absolute atomic E-state index is 12.8. The Kier molecular flexibility index (Phi) is 7.94. The molecule has 0 amide bonds. The first kappa shape index (κ1) is 28.5. The van der Waals surface area contributed by atoms with Crippen LogP contribution in [0.2, 0.25) is 0 Å². The van der Waals surface area contributed by atoms with Crippen LogP contribution in [-0.2, 0) is 0 Å². The highest BCUT2D eigenvalue weighted by atomic mass is 32.2. The van der Waals surface area contributed by atoms with Crippen molar-refractivity contribution in [2.24, 2.45) is 4.99 Å². The second-order valence-corrected chi connectivity index (χ2v) is 10.7. The number of nitro benzene ring substituents is 1. The van der Waals surface area contributed by atoms with Crippen molar-refractivity contribution >= 4 is 34.4 Å². The summed E-state index contributed by atoms with van der Waals surface area (Å²) < 4.78 is 59.9. The third-order valence-electron chi connectivity index (χ3n) is 7.28. The smallest absolute Gasteiger partial charge is 0.387 e. The number of nitrogens with zero attached hydrogens (tertiary/aromatic N) is 3. The number of aliphatic imine (C=N–C) groups is 1. The van der Waals surface area contributed by atoms with Gasteiger partial charge in [-0.2, -0.15) is 17.6 Å². The predicted octanol–water partition coefficient (Wildman–Crippen LogP) is 8.78. The molecule has 7 nitrogen and oxygen atoms in total. The number of hydrogen-bond acceptors (Lipinski definition) is 7. The summed E-state index contributed by atoms with van der Waals surface area (Å²) in [5.41, 5.74) is 6.07. The number of benzene rings is 3. The summed E-state index contributed by atoms with van der Waals surface area (Å²) in [5, 5.41) is 13.9. The summed E-state index contributed by atoms with van der Waals surface area (Å²) in [6, 6.07) is 18.9. The molecule has 0 N–H and O–H groups in total. The molecular formula is C31H23F4N3O4S. The number of nitro groups is 1. The van der Waals surface area contributed by atoms with Crippen LogP contribution in [0.3, 0.4) is 0 Å². The van der Waals surface area contributed by atoms with E-state index in [9.17, 15) is 27.7 Å². The Morgan fingerprint density at radius 1 is 0.907 bits per heavy atom. The second kappa shape index (κ2) is 12.0. The van der Waals surface area contributed by atoms with E-state index in [-0.39, 0.29) is 23.2 Å². The van der Waals surface area contributed by atoms with Gasteiger partial charge >= 0.3 is 13.2 Å². The highest BCUT2D eigenvalue weighted by Gasteiger charge is 2.40. The van der Waals surface area contributed by atoms with Crippen LogP contribution in [0.5, 0.6) is 11.5 Å². The molecule has 0 spiro atoms. The van der Waals surface area contributed by atoms with Crippen LogP contribution in [0, 0.1) is 10.1 Å². The fourth-order valence-electron chi connectivity index (χ4n) is 5.46. The van der Waals surface area contributed by atoms with Crippen molar-refractivity contribution in [1.29, 1.82) is 0 Å². The summed E-state index contributed by atoms with van der Waals surface area (Å²) in [4.78, 5) is 17.9. The van der Waals surface area contributed by atoms with E-state index in [0.29, 0.717) is 5.17 Å². The molecule has 0 radical (unpaired) electrons. The van der Waals surface area contributed by atoms with Gasteiger partial charge in [0.05, 0.1) is 22.4 Å². The fraction of sp³-hybridized carbons (Fsp3) is 0.194.